The van der Waals surface area contributed by atoms with Gasteiger partial charge in [-0.05, 0) is 28.8 Å². The Labute approximate surface area is 119 Å². The molecule has 0 radical (unpaired) electrons. The predicted octanol–water partition coefficient (Wildman–Crippen LogP) is 1.79. The molecule has 0 aliphatic carbocycles. The third kappa shape index (κ3) is 3.68. The largest absolute Gasteiger partial charge is 0.508 e. The molecule has 0 bridgehead atoms. The average Bonchev–Trinajstić information content (AvgIpc) is 2.38. The fourth-order valence-electron chi connectivity index (χ4n) is 1.98. The lowest BCUT2D eigenvalue weighted by Gasteiger charge is -2.09. The van der Waals surface area contributed by atoms with Gasteiger partial charge in [0, 0.05) is 16.6 Å². The van der Waals surface area contributed by atoms with Crippen molar-refractivity contribution >= 4 is 16.7 Å². The van der Waals surface area contributed by atoms with Gasteiger partial charge in [-0.15, -0.1) is 0 Å². The quantitative estimate of drug-likeness (QED) is 0.880. The van der Waals surface area contributed by atoms with Crippen molar-refractivity contribution < 1.29 is 14.1 Å². The zero-order valence-corrected chi connectivity index (χ0v) is 11.6. The van der Waals surface area contributed by atoms with Crippen molar-refractivity contribution in [1.82, 2.24) is 0 Å². The minimum absolute atomic E-state index is 0.144. The lowest BCUT2D eigenvalue weighted by atomic mass is 10.0. The normalized spacial score (nSPS) is 12.0. The summed E-state index contributed by atoms with van der Waals surface area (Å²) in [4.78, 5) is 10.8. The second-order valence-corrected chi connectivity index (χ2v) is 5.86. The van der Waals surface area contributed by atoms with E-state index in [1.54, 1.807) is 18.2 Å². The van der Waals surface area contributed by atoms with Crippen LogP contribution < -0.4 is 5.73 Å². The van der Waals surface area contributed by atoms with Crippen LogP contribution in [0, 0.1) is 0 Å². The van der Waals surface area contributed by atoms with E-state index in [1.807, 2.05) is 30.3 Å². The van der Waals surface area contributed by atoms with E-state index in [4.69, 9.17) is 5.73 Å². The van der Waals surface area contributed by atoms with E-state index >= 15 is 0 Å². The standard InChI is InChI=1S/C15H15NO3S/c16-15(18)10-20(19)9-12-4-1-2-7-14(12)11-5-3-6-13(17)8-11/h1-8,17H,9-10H2,(H2,16,18)/t20-/m0/s1. The first-order valence-electron chi connectivity index (χ1n) is 6.07. The van der Waals surface area contributed by atoms with Crippen molar-refractivity contribution in [3.63, 3.8) is 0 Å². The van der Waals surface area contributed by atoms with Crippen LogP contribution in [0.25, 0.3) is 11.1 Å². The molecular weight excluding hydrogens is 274 g/mol. The molecule has 0 unspecified atom stereocenters. The Kier molecular flexibility index (Phi) is 4.53. The number of phenolic OH excluding ortho intramolecular Hbond substituents is 1. The summed E-state index contributed by atoms with van der Waals surface area (Å²) in [5.41, 5.74) is 7.64. The van der Waals surface area contributed by atoms with Crippen LogP contribution in [0.5, 0.6) is 5.75 Å². The van der Waals surface area contributed by atoms with Gasteiger partial charge < -0.3 is 10.8 Å². The van der Waals surface area contributed by atoms with Gasteiger partial charge in [-0.2, -0.15) is 0 Å². The molecule has 1 atom stereocenters. The molecule has 20 heavy (non-hydrogen) atoms. The number of amides is 1. The molecular formula is C15H15NO3S. The summed E-state index contributed by atoms with van der Waals surface area (Å²) >= 11 is 0. The van der Waals surface area contributed by atoms with Crippen molar-refractivity contribution in [1.29, 1.82) is 0 Å². The maximum absolute atomic E-state index is 11.8. The number of carbonyl (C=O) groups is 1. The molecule has 1 amide bonds. The van der Waals surface area contributed by atoms with Crippen molar-refractivity contribution in [2.45, 2.75) is 5.75 Å². The number of phenols is 1. The van der Waals surface area contributed by atoms with E-state index in [-0.39, 0.29) is 17.3 Å². The molecule has 0 saturated heterocycles. The maximum atomic E-state index is 11.8. The molecule has 4 nitrogen and oxygen atoms in total. The first-order chi connectivity index (χ1) is 9.56. The fraction of sp³-hybridized carbons (Fsp3) is 0.133. The van der Waals surface area contributed by atoms with E-state index in [0.29, 0.717) is 0 Å². The summed E-state index contributed by atoms with van der Waals surface area (Å²) in [7, 11) is -1.33. The molecule has 0 fully saturated rings. The second kappa shape index (κ2) is 6.34. The Morgan fingerprint density at radius 1 is 1.15 bits per heavy atom. The van der Waals surface area contributed by atoms with Crippen molar-refractivity contribution in [3.8, 4) is 16.9 Å². The van der Waals surface area contributed by atoms with Crippen LogP contribution in [0.2, 0.25) is 0 Å². The number of primary amides is 1. The van der Waals surface area contributed by atoms with E-state index in [9.17, 15) is 14.1 Å². The monoisotopic (exact) mass is 289 g/mol. The lowest BCUT2D eigenvalue weighted by Crippen LogP contribution is -2.20. The minimum Gasteiger partial charge on any atom is -0.508 e. The summed E-state index contributed by atoms with van der Waals surface area (Å²) in [6.07, 6.45) is 0. The predicted molar refractivity (Wildman–Crippen MR) is 79.5 cm³/mol. The number of rotatable bonds is 5. The summed E-state index contributed by atoms with van der Waals surface area (Å²) in [6, 6.07) is 14.3. The number of benzene rings is 2. The summed E-state index contributed by atoms with van der Waals surface area (Å²) in [5, 5.41) is 9.54. The smallest absolute Gasteiger partial charge is 0.230 e. The lowest BCUT2D eigenvalue weighted by molar-refractivity contribution is -0.115. The van der Waals surface area contributed by atoms with Crippen LogP contribution in [0.15, 0.2) is 48.5 Å². The fourth-order valence-corrected chi connectivity index (χ4v) is 3.00. The van der Waals surface area contributed by atoms with Crippen LogP contribution in [0.3, 0.4) is 0 Å². The average molecular weight is 289 g/mol. The van der Waals surface area contributed by atoms with Gasteiger partial charge in [-0.1, -0.05) is 36.4 Å². The molecule has 0 aromatic heterocycles. The highest BCUT2D eigenvalue weighted by molar-refractivity contribution is 7.84. The Balaban J connectivity index is 2.31. The van der Waals surface area contributed by atoms with Gasteiger partial charge in [0.15, 0.2) is 0 Å². The Bertz CT molecular complexity index is 655. The van der Waals surface area contributed by atoms with Crippen LogP contribution in [-0.2, 0) is 21.3 Å². The number of aromatic hydroxyl groups is 1. The minimum atomic E-state index is -1.33. The van der Waals surface area contributed by atoms with Crippen molar-refractivity contribution in [3.05, 3.63) is 54.1 Å². The zero-order chi connectivity index (χ0) is 14.5. The summed E-state index contributed by atoms with van der Waals surface area (Å²) in [6.45, 7) is 0. The molecule has 3 N–H and O–H groups in total. The number of hydrogen-bond acceptors (Lipinski definition) is 3. The first kappa shape index (κ1) is 14.3. The van der Waals surface area contributed by atoms with Crippen molar-refractivity contribution in [2.75, 3.05) is 5.75 Å². The summed E-state index contributed by atoms with van der Waals surface area (Å²) in [5.74, 6) is -0.280. The van der Waals surface area contributed by atoms with E-state index < -0.39 is 16.7 Å². The SMILES string of the molecule is NC(=O)C[S@@](=O)Cc1ccccc1-c1cccc(O)c1. The van der Waals surface area contributed by atoms with E-state index in [1.165, 1.54) is 0 Å². The highest BCUT2D eigenvalue weighted by Crippen LogP contribution is 2.27. The van der Waals surface area contributed by atoms with E-state index in [2.05, 4.69) is 0 Å². The first-order valence-corrected chi connectivity index (χ1v) is 7.55. The third-order valence-corrected chi connectivity index (χ3v) is 4.03. The van der Waals surface area contributed by atoms with Gasteiger partial charge in [0.05, 0.1) is 0 Å². The second-order valence-electron chi connectivity index (χ2n) is 4.40. The molecule has 0 spiro atoms. The Morgan fingerprint density at radius 3 is 2.60 bits per heavy atom. The Morgan fingerprint density at radius 2 is 1.90 bits per heavy atom. The molecule has 2 aromatic carbocycles. The molecule has 0 saturated carbocycles. The molecule has 104 valence electrons. The zero-order valence-electron chi connectivity index (χ0n) is 10.8. The van der Waals surface area contributed by atoms with Gasteiger partial charge in [0.2, 0.25) is 5.91 Å². The molecule has 0 aliphatic rings. The van der Waals surface area contributed by atoms with Crippen LogP contribution >= 0.6 is 0 Å². The highest BCUT2D eigenvalue weighted by Gasteiger charge is 2.10. The van der Waals surface area contributed by atoms with E-state index in [0.717, 1.165) is 16.7 Å². The molecule has 0 aliphatic heterocycles. The maximum Gasteiger partial charge on any atom is 0.230 e. The molecule has 2 aromatic rings. The van der Waals surface area contributed by atoms with Crippen molar-refractivity contribution in [2.24, 2.45) is 5.73 Å². The number of hydrogen-bond donors (Lipinski definition) is 2. The van der Waals surface area contributed by atoms with Crippen LogP contribution in [0.1, 0.15) is 5.56 Å². The molecule has 0 heterocycles. The third-order valence-electron chi connectivity index (χ3n) is 2.79. The topological polar surface area (TPSA) is 80.4 Å². The number of nitrogens with two attached hydrogens (primary N) is 1. The van der Waals surface area contributed by atoms with Gasteiger partial charge in [-0.3, -0.25) is 9.00 Å². The van der Waals surface area contributed by atoms with Gasteiger partial charge in [0.1, 0.15) is 11.5 Å². The molecule has 5 heteroatoms. The highest BCUT2D eigenvalue weighted by atomic mass is 32.2. The van der Waals surface area contributed by atoms with Gasteiger partial charge in [-0.25, -0.2) is 0 Å². The molecule has 2 rings (SSSR count). The van der Waals surface area contributed by atoms with Gasteiger partial charge >= 0.3 is 0 Å². The summed E-state index contributed by atoms with van der Waals surface area (Å²) < 4.78 is 11.8. The van der Waals surface area contributed by atoms with Gasteiger partial charge in [0.25, 0.3) is 0 Å². The number of carbonyl (C=O) groups excluding carboxylic acids is 1. The van der Waals surface area contributed by atoms with Crippen LogP contribution in [0.4, 0.5) is 0 Å². The Hall–Kier alpha value is -2.14. The van der Waals surface area contributed by atoms with Crippen LogP contribution in [-0.4, -0.2) is 21.0 Å².